The SMILES string of the molecule is CCN1CCCC1CN(C)c1ccc(C(=O)O)c(N)c1. The van der Waals surface area contributed by atoms with Crippen molar-refractivity contribution in [2.45, 2.75) is 25.8 Å². The van der Waals surface area contributed by atoms with Crippen LogP contribution in [-0.4, -0.2) is 48.7 Å². The van der Waals surface area contributed by atoms with Gasteiger partial charge in [0.15, 0.2) is 0 Å². The fourth-order valence-electron chi connectivity index (χ4n) is 2.92. The smallest absolute Gasteiger partial charge is 0.337 e. The van der Waals surface area contributed by atoms with Gasteiger partial charge in [-0.15, -0.1) is 0 Å². The number of carboxylic acids is 1. The minimum absolute atomic E-state index is 0.165. The lowest BCUT2D eigenvalue weighted by Crippen LogP contribution is -2.38. The van der Waals surface area contributed by atoms with E-state index in [1.54, 1.807) is 12.1 Å². The molecule has 0 amide bonds. The summed E-state index contributed by atoms with van der Waals surface area (Å²) in [6, 6.07) is 5.72. The Morgan fingerprint density at radius 3 is 2.90 bits per heavy atom. The Morgan fingerprint density at radius 2 is 2.30 bits per heavy atom. The molecule has 20 heavy (non-hydrogen) atoms. The number of nitrogens with two attached hydrogens (primary N) is 1. The summed E-state index contributed by atoms with van der Waals surface area (Å²) in [5, 5.41) is 8.99. The Balaban J connectivity index is 2.07. The summed E-state index contributed by atoms with van der Waals surface area (Å²) < 4.78 is 0. The highest BCUT2D eigenvalue weighted by atomic mass is 16.4. The predicted molar refractivity (Wildman–Crippen MR) is 81.4 cm³/mol. The molecule has 1 atom stereocenters. The molecule has 1 fully saturated rings. The Hall–Kier alpha value is -1.75. The number of anilines is 2. The van der Waals surface area contributed by atoms with Crippen LogP contribution in [0, 0.1) is 0 Å². The van der Waals surface area contributed by atoms with Gasteiger partial charge in [0.25, 0.3) is 0 Å². The number of carbonyl (C=O) groups is 1. The van der Waals surface area contributed by atoms with E-state index in [0.29, 0.717) is 11.7 Å². The average molecular weight is 277 g/mol. The van der Waals surface area contributed by atoms with Crippen molar-refractivity contribution in [1.29, 1.82) is 0 Å². The average Bonchev–Trinajstić information content (AvgIpc) is 2.85. The molecular weight excluding hydrogens is 254 g/mol. The number of hydrogen-bond acceptors (Lipinski definition) is 4. The van der Waals surface area contributed by atoms with Crippen LogP contribution in [0.25, 0.3) is 0 Å². The molecule has 1 aliphatic rings. The molecule has 5 heteroatoms. The third kappa shape index (κ3) is 3.04. The molecule has 1 saturated heterocycles. The summed E-state index contributed by atoms with van der Waals surface area (Å²) in [5.74, 6) is -0.982. The minimum Gasteiger partial charge on any atom is -0.478 e. The fraction of sp³-hybridized carbons (Fsp3) is 0.533. The fourth-order valence-corrected chi connectivity index (χ4v) is 2.92. The van der Waals surface area contributed by atoms with E-state index in [1.165, 1.54) is 19.4 Å². The molecule has 1 unspecified atom stereocenters. The topological polar surface area (TPSA) is 69.8 Å². The molecule has 2 rings (SSSR count). The first-order valence-electron chi connectivity index (χ1n) is 7.11. The van der Waals surface area contributed by atoms with Gasteiger partial charge in [0.05, 0.1) is 5.56 Å². The largest absolute Gasteiger partial charge is 0.478 e. The number of benzene rings is 1. The second-order valence-electron chi connectivity index (χ2n) is 5.38. The molecular formula is C15H23N3O2. The molecule has 1 aromatic carbocycles. The lowest BCUT2D eigenvalue weighted by atomic mass is 10.1. The van der Waals surface area contributed by atoms with Crippen LogP contribution in [0.5, 0.6) is 0 Å². The lowest BCUT2D eigenvalue weighted by molar-refractivity contribution is 0.0698. The summed E-state index contributed by atoms with van der Waals surface area (Å²) in [5.41, 5.74) is 7.26. The zero-order valence-electron chi connectivity index (χ0n) is 12.2. The van der Waals surface area contributed by atoms with E-state index in [1.807, 2.05) is 13.1 Å². The van der Waals surface area contributed by atoms with Crippen molar-refractivity contribution in [3.8, 4) is 0 Å². The van der Waals surface area contributed by atoms with E-state index in [0.717, 1.165) is 18.8 Å². The normalized spacial score (nSPS) is 19.2. The van der Waals surface area contributed by atoms with Gasteiger partial charge < -0.3 is 15.7 Å². The summed E-state index contributed by atoms with van der Waals surface area (Å²) in [6.07, 6.45) is 2.48. The molecule has 1 aromatic rings. The highest BCUT2D eigenvalue weighted by Crippen LogP contribution is 2.23. The van der Waals surface area contributed by atoms with Crippen LogP contribution < -0.4 is 10.6 Å². The van der Waals surface area contributed by atoms with Crippen LogP contribution in [0.3, 0.4) is 0 Å². The highest BCUT2D eigenvalue weighted by Gasteiger charge is 2.24. The first-order chi connectivity index (χ1) is 9.52. The van der Waals surface area contributed by atoms with Crippen LogP contribution in [0.15, 0.2) is 18.2 Å². The number of likely N-dealkylation sites (tertiary alicyclic amines) is 1. The number of nitrogen functional groups attached to an aromatic ring is 1. The summed E-state index contributed by atoms with van der Waals surface area (Å²) in [6.45, 7) is 5.39. The number of nitrogens with zero attached hydrogens (tertiary/aromatic N) is 2. The van der Waals surface area contributed by atoms with E-state index >= 15 is 0 Å². The lowest BCUT2D eigenvalue weighted by Gasteiger charge is -2.29. The molecule has 0 saturated carbocycles. The molecule has 110 valence electrons. The van der Waals surface area contributed by atoms with E-state index in [2.05, 4.69) is 16.7 Å². The molecule has 3 N–H and O–H groups in total. The van der Waals surface area contributed by atoms with Crippen molar-refractivity contribution in [2.75, 3.05) is 37.3 Å². The zero-order valence-corrected chi connectivity index (χ0v) is 12.2. The highest BCUT2D eigenvalue weighted by molar-refractivity contribution is 5.94. The van der Waals surface area contributed by atoms with Gasteiger partial charge in [-0.25, -0.2) is 4.79 Å². The van der Waals surface area contributed by atoms with Crippen LogP contribution in [0.1, 0.15) is 30.1 Å². The first kappa shape index (κ1) is 14.7. The monoisotopic (exact) mass is 277 g/mol. The van der Waals surface area contributed by atoms with E-state index < -0.39 is 5.97 Å². The Morgan fingerprint density at radius 1 is 1.55 bits per heavy atom. The molecule has 1 heterocycles. The predicted octanol–water partition coefficient (Wildman–Crippen LogP) is 1.89. The molecule has 0 aromatic heterocycles. The number of likely N-dealkylation sites (N-methyl/N-ethyl adjacent to an activating group) is 2. The van der Waals surface area contributed by atoms with Crippen LogP contribution in [0.2, 0.25) is 0 Å². The van der Waals surface area contributed by atoms with Crippen LogP contribution >= 0.6 is 0 Å². The van der Waals surface area contributed by atoms with Crippen LogP contribution in [-0.2, 0) is 0 Å². The van der Waals surface area contributed by atoms with Gasteiger partial charge in [-0.3, -0.25) is 4.90 Å². The molecule has 0 aliphatic carbocycles. The van der Waals surface area contributed by atoms with Gasteiger partial charge in [-0.05, 0) is 44.1 Å². The van der Waals surface area contributed by atoms with Gasteiger partial charge in [0.1, 0.15) is 0 Å². The number of rotatable bonds is 5. The van der Waals surface area contributed by atoms with Gasteiger partial charge in [0.2, 0.25) is 0 Å². The Labute approximate surface area is 120 Å². The first-order valence-corrected chi connectivity index (χ1v) is 7.11. The Kier molecular flexibility index (Phi) is 4.49. The second kappa shape index (κ2) is 6.13. The molecule has 0 spiro atoms. The number of aromatic carboxylic acids is 1. The van der Waals surface area contributed by atoms with Crippen LogP contribution in [0.4, 0.5) is 11.4 Å². The maximum atomic E-state index is 11.0. The van der Waals surface area contributed by atoms with Crippen molar-refractivity contribution in [2.24, 2.45) is 0 Å². The van der Waals surface area contributed by atoms with E-state index in [4.69, 9.17) is 10.8 Å². The van der Waals surface area contributed by atoms with E-state index in [9.17, 15) is 4.79 Å². The molecule has 5 nitrogen and oxygen atoms in total. The summed E-state index contributed by atoms with van der Waals surface area (Å²) in [7, 11) is 2.03. The van der Waals surface area contributed by atoms with Gasteiger partial charge in [-0.1, -0.05) is 6.92 Å². The number of hydrogen-bond donors (Lipinski definition) is 2. The van der Waals surface area contributed by atoms with Crippen molar-refractivity contribution >= 4 is 17.3 Å². The summed E-state index contributed by atoms with van der Waals surface area (Å²) >= 11 is 0. The maximum Gasteiger partial charge on any atom is 0.337 e. The van der Waals surface area contributed by atoms with Crippen molar-refractivity contribution in [3.63, 3.8) is 0 Å². The van der Waals surface area contributed by atoms with Gasteiger partial charge >= 0.3 is 5.97 Å². The number of carboxylic acid groups (broad SMARTS) is 1. The van der Waals surface area contributed by atoms with Gasteiger partial charge in [0, 0.05) is 31.0 Å². The summed E-state index contributed by atoms with van der Waals surface area (Å²) in [4.78, 5) is 15.6. The zero-order chi connectivity index (χ0) is 14.7. The quantitative estimate of drug-likeness (QED) is 0.804. The minimum atomic E-state index is -0.982. The third-order valence-electron chi connectivity index (χ3n) is 4.10. The molecule has 0 bridgehead atoms. The third-order valence-corrected chi connectivity index (χ3v) is 4.10. The van der Waals surface area contributed by atoms with Crippen molar-refractivity contribution < 1.29 is 9.90 Å². The Bertz CT molecular complexity index is 490. The standard InChI is InChI=1S/C15H23N3O2/c1-3-18-8-4-5-12(18)10-17(2)11-6-7-13(15(19)20)14(16)9-11/h6-7,9,12H,3-5,8,10,16H2,1-2H3,(H,19,20). The molecule has 1 aliphatic heterocycles. The second-order valence-corrected chi connectivity index (χ2v) is 5.38. The van der Waals surface area contributed by atoms with Crippen molar-refractivity contribution in [3.05, 3.63) is 23.8 Å². The maximum absolute atomic E-state index is 11.0. The molecule has 0 radical (unpaired) electrons. The van der Waals surface area contributed by atoms with Gasteiger partial charge in [-0.2, -0.15) is 0 Å². The van der Waals surface area contributed by atoms with Crippen molar-refractivity contribution in [1.82, 2.24) is 4.90 Å². The van der Waals surface area contributed by atoms with E-state index in [-0.39, 0.29) is 5.56 Å².